The van der Waals surface area contributed by atoms with Crippen molar-refractivity contribution in [2.45, 2.75) is 17.7 Å². The van der Waals surface area contributed by atoms with Gasteiger partial charge in [0.05, 0.1) is 23.1 Å². The van der Waals surface area contributed by atoms with Gasteiger partial charge in [0.1, 0.15) is 5.69 Å². The molecule has 10 nitrogen and oxygen atoms in total. The number of rotatable bonds is 7. The van der Waals surface area contributed by atoms with Crippen LogP contribution in [0.25, 0.3) is 0 Å². The van der Waals surface area contributed by atoms with Gasteiger partial charge in [-0.1, -0.05) is 0 Å². The van der Waals surface area contributed by atoms with E-state index in [1.807, 2.05) is 0 Å². The summed E-state index contributed by atoms with van der Waals surface area (Å²) in [5.74, 6) is 0.236. The summed E-state index contributed by atoms with van der Waals surface area (Å²) in [6, 6.07) is 8.23. The summed E-state index contributed by atoms with van der Waals surface area (Å²) < 4.78 is 31.6. The van der Waals surface area contributed by atoms with Crippen molar-refractivity contribution in [1.82, 2.24) is 4.31 Å². The maximum Gasteiger partial charge on any atom is 0.295 e. The first kappa shape index (κ1) is 20.6. The molecule has 0 radical (unpaired) electrons. The van der Waals surface area contributed by atoms with Crippen LogP contribution in [0, 0.1) is 10.1 Å². The Hall–Kier alpha value is -3.18. The van der Waals surface area contributed by atoms with Crippen molar-refractivity contribution in [3.05, 3.63) is 52.1 Å². The SMILES string of the molecule is COc1cc(C=NNc2ccc(S(=O)(=O)N3CCCC3)cc2[N+](=O)[O-])ccc1O. The Morgan fingerprint density at radius 1 is 1.24 bits per heavy atom. The average molecular weight is 420 g/mol. The minimum Gasteiger partial charge on any atom is -0.504 e. The van der Waals surface area contributed by atoms with Crippen LogP contribution in [0.15, 0.2) is 46.4 Å². The van der Waals surface area contributed by atoms with Crippen LogP contribution in [0.1, 0.15) is 18.4 Å². The first-order valence-corrected chi connectivity index (χ1v) is 10.2. The molecule has 0 aliphatic carbocycles. The number of aromatic hydroxyl groups is 1. The van der Waals surface area contributed by atoms with Gasteiger partial charge in [-0.25, -0.2) is 8.42 Å². The Kier molecular flexibility index (Phi) is 5.99. The molecule has 1 saturated heterocycles. The molecule has 1 aliphatic heterocycles. The second-order valence-corrected chi connectivity index (χ2v) is 8.29. The third-order valence-electron chi connectivity index (χ3n) is 4.47. The Morgan fingerprint density at radius 2 is 1.97 bits per heavy atom. The highest BCUT2D eigenvalue weighted by molar-refractivity contribution is 7.89. The number of anilines is 1. The summed E-state index contributed by atoms with van der Waals surface area (Å²) >= 11 is 0. The second-order valence-electron chi connectivity index (χ2n) is 6.35. The number of sulfonamides is 1. The zero-order chi connectivity index (χ0) is 21.0. The molecule has 2 aromatic carbocycles. The van der Waals surface area contributed by atoms with E-state index in [1.165, 1.54) is 35.8 Å². The predicted octanol–water partition coefficient (Wildman–Crippen LogP) is 2.54. The first-order chi connectivity index (χ1) is 13.8. The lowest BCUT2D eigenvalue weighted by molar-refractivity contribution is -0.384. The van der Waals surface area contributed by atoms with Crippen molar-refractivity contribution in [3.8, 4) is 11.5 Å². The maximum absolute atomic E-state index is 12.6. The summed E-state index contributed by atoms with van der Waals surface area (Å²) in [4.78, 5) is 10.7. The van der Waals surface area contributed by atoms with Gasteiger partial charge in [0.25, 0.3) is 5.69 Å². The molecule has 1 aliphatic rings. The molecule has 1 fully saturated rings. The van der Waals surface area contributed by atoms with E-state index in [0.717, 1.165) is 18.9 Å². The van der Waals surface area contributed by atoms with Crippen LogP contribution in [0.5, 0.6) is 11.5 Å². The molecule has 1 heterocycles. The van der Waals surface area contributed by atoms with Crippen molar-refractivity contribution in [2.24, 2.45) is 5.10 Å². The van der Waals surface area contributed by atoms with E-state index in [4.69, 9.17) is 4.74 Å². The molecular weight excluding hydrogens is 400 g/mol. The highest BCUT2D eigenvalue weighted by atomic mass is 32.2. The Balaban J connectivity index is 1.83. The Labute approximate surface area is 167 Å². The standard InChI is InChI=1S/C18H20N4O6S/c1-28-18-10-13(4-7-17(18)23)12-19-20-15-6-5-14(11-16(15)22(24)25)29(26,27)21-8-2-3-9-21/h4-7,10-12,20,23H,2-3,8-9H2,1H3. The second kappa shape index (κ2) is 8.45. The molecule has 0 amide bonds. The smallest absolute Gasteiger partial charge is 0.295 e. The number of hydrogen-bond acceptors (Lipinski definition) is 8. The van der Waals surface area contributed by atoms with Crippen molar-refractivity contribution in [3.63, 3.8) is 0 Å². The van der Waals surface area contributed by atoms with Gasteiger partial charge < -0.3 is 9.84 Å². The van der Waals surface area contributed by atoms with Gasteiger partial charge in [-0.05, 0) is 48.7 Å². The van der Waals surface area contributed by atoms with Gasteiger partial charge in [-0.15, -0.1) is 0 Å². The van der Waals surface area contributed by atoms with Gasteiger partial charge in [-0.3, -0.25) is 15.5 Å². The molecule has 29 heavy (non-hydrogen) atoms. The number of nitro benzene ring substituents is 1. The third-order valence-corrected chi connectivity index (χ3v) is 6.37. The summed E-state index contributed by atoms with van der Waals surface area (Å²) in [5.41, 5.74) is 2.80. The van der Waals surface area contributed by atoms with Gasteiger partial charge in [0, 0.05) is 19.2 Å². The molecule has 154 valence electrons. The highest BCUT2D eigenvalue weighted by Crippen LogP contribution is 2.30. The van der Waals surface area contributed by atoms with E-state index < -0.39 is 20.6 Å². The van der Waals surface area contributed by atoms with E-state index >= 15 is 0 Å². The van der Waals surface area contributed by atoms with Crippen LogP contribution in [0.4, 0.5) is 11.4 Å². The zero-order valence-electron chi connectivity index (χ0n) is 15.6. The van der Waals surface area contributed by atoms with Crippen LogP contribution < -0.4 is 10.2 Å². The van der Waals surface area contributed by atoms with Crippen LogP contribution in [0.3, 0.4) is 0 Å². The molecule has 0 bridgehead atoms. The molecule has 0 atom stereocenters. The summed E-state index contributed by atoms with van der Waals surface area (Å²) in [5, 5.41) is 25.0. The minimum absolute atomic E-state index is 0.0250. The number of phenolic OH excluding ortho intramolecular Hbond substituents is 1. The van der Waals surface area contributed by atoms with Gasteiger partial charge in [0.2, 0.25) is 10.0 Å². The molecule has 3 rings (SSSR count). The van der Waals surface area contributed by atoms with E-state index in [2.05, 4.69) is 10.5 Å². The van der Waals surface area contributed by atoms with Crippen LogP contribution in [-0.4, -0.2) is 49.2 Å². The van der Waals surface area contributed by atoms with E-state index in [9.17, 15) is 23.6 Å². The monoisotopic (exact) mass is 420 g/mol. The number of phenols is 1. The number of benzene rings is 2. The van der Waals surface area contributed by atoms with Crippen LogP contribution in [-0.2, 0) is 10.0 Å². The maximum atomic E-state index is 12.6. The fourth-order valence-electron chi connectivity index (χ4n) is 2.95. The molecule has 0 aromatic heterocycles. The lowest BCUT2D eigenvalue weighted by atomic mass is 10.2. The van der Waals surface area contributed by atoms with Crippen LogP contribution >= 0.6 is 0 Å². The molecule has 2 N–H and O–H groups in total. The van der Waals surface area contributed by atoms with Gasteiger partial charge in [-0.2, -0.15) is 9.41 Å². The van der Waals surface area contributed by atoms with Crippen molar-refractivity contribution >= 4 is 27.6 Å². The normalized spacial score (nSPS) is 14.9. The highest BCUT2D eigenvalue weighted by Gasteiger charge is 2.29. The largest absolute Gasteiger partial charge is 0.504 e. The zero-order valence-corrected chi connectivity index (χ0v) is 16.4. The first-order valence-electron chi connectivity index (χ1n) is 8.77. The number of methoxy groups -OCH3 is 1. The Morgan fingerprint density at radius 3 is 2.62 bits per heavy atom. The molecular formula is C18H20N4O6S. The quantitative estimate of drug-likeness (QED) is 0.399. The topological polar surface area (TPSA) is 134 Å². The Bertz CT molecular complexity index is 1050. The summed E-state index contributed by atoms with van der Waals surface area (Å²) in [6.07, 6.45) is 2.94. The van der Waals surface area contributed by atoms with Crippen molar-refractivity contribution in [2.75, 3.05) is 25.6 Å². The number of nitrogens with zero attached hydrogens (tertiary/aromatic N) is 3. The molecule has 0 spiro atoms. The number of ether oxygens (including phenoxy) is 1. The van der Waals surface area contributed by atoms with E-state index in [1.54, 1.807) is 12.1 Å². The van der Waals surface area contributed by atoms with Crippen LogP contribution in [0.2, 0.25) is 0 Å². The minimum atomic E-state index is -3.76. The fourth-order valence-corrected chi connectivity index (χ4v) is 4.48. The van der Waals surface area contributed by atoms with E-state index in [-0.39, 0.29) is 22.1 Å². The number of nitro groups is 1. The lowest BCUT2D eigenvalue weighted by Crippen LogP contribution is -2.27. The van der Waals surface area contributed by atoms with E-state index in [0.29, 0.717) is 18.7 Å². The molecule has 0 unspecified atom stereocenters. The fraction of sp³-hybridized carbons (Fsp3) is 0.278. The molecule has 0 saturated carbocycles. The van der Waals surface area contributed by atoms with Crippen molar-refractivity contribution in [1.29, 1.82) is 0 Å². The number of nitrogens with one attached hydrogen (secondary N) is 1. The number of hydrogen-bond donors (Lipinski definition) is 2. The average Bonchev–Trinajstić information content (AvgIpc) is 3.25. The third kappa shape index (κ3) is 4.46. The van der Waals surface area contributed by atoms with Crippen molar-refractivity contribution < 1.29 is 23.2 Å². The van der Waals surface area contributed by atoms with Gasteiger partial charge >= 0.3 is 0 Å². The van der Waals surface area contributed by atoms with Gasteiger partial charge in [0.15, 0.2) is 11.5 Å². The summed E-state index contributed by atoms with van der Waals surface area (Å²) in [6.45, 7) is 0.826. The lowest BCUT2D eigenvalue weighted by Gasteiger charge is -2.15. The predicted molar refractivity (Wildman–Crippen MR) is 107 cm³/mol. The molecule has 11 heteroatoms. The summed E-state index contributed by atoms with van der Waals surface area (Å²) in [7, 11) is -2.35. The molecule has 2 aromatic rings. The number of hydrazone groups is 1.